The van der Waals surface area contributed by atoms with Crippen molar-refractivity contribution in [3.63, 3.8) is 0 Å². The number of carbonyl (C=O) groups excluding carboxylic acids is 1. The van der Waals surface area contributed by atoms with Crippen molar-refractivity contribution >= 4 is 42.2 Å². The van der Waals surface area contributed by atoms with Crippen molar-refractivity contribution in [2.75, 3.05) is 18.5 Å². The molecule has 142 valence electrons. The topological polar surface area (TPSA) is 71.2 Å². The molecule has 1 aliphatic rings. The second-order valence-corrected chi connectivity index (χ2v) is 6.45. The first-order valence-electron chi connectivity index (χ1n) is 8.41. The number of rotatable bonds is 5. The lowest BCUT2D eigenvalue weighted by Gasteiger charge is -2.28. The van der Waals surface area contributed by atoms with Crippen LogP contribution in [-0.2, 0) is 0 Å². The average molecular weight is 397 g/mol. The Kier molecular flexibility index (Phi) is 8.34. The summed E-state index contributed by atoms with van der Waals surface area (Å²) in [6.45, 7) is 0.487. The number of nitrogens with two attached hydrogens (primary N) is 1. The van der Waals surface area contributed by atoms with Gasteiger partial charge in [0.05, 0.1) is 11.1 Å². The molecule has 3 rings (SSSR count). The molecule has 1 aromatic heterocycles. The molecule has 1 saturated carbocycles. The van der Waals surface area contributed by atoms with Gasteiger partial charge in [0.1, 0.15) is 5.82 Å². The summed E-state index contributed by atoms with van der Waals surface area (Å²) in [6, 6.07) is 13.7. The lowest BCUT2D eigenvalue weighted by atomic mass is 9.97. The fourth-order valence-electron chi connectivity index (χ4n) is 3.25. The minimum atomic E-state index is -0.239. The van der Waals surface area contributed by atoms with E-state index in [0.29, 0.717) is 12.1 Å². The van der Waals surface area contributed by atoms with Crippen molar-refractivity contribution in [1.29, 1.82) is 0 Å². The van der Waals surface area contributed by atoms with E-state index in [1.165, 1.54) is 0 Å². The van der Waals surface area contributed by atoms with Crippen LogP contribution in [0.15, 0.2) is 48.7 Å². The van der Waals surface area contributed by atoms with Gasteiger partial charge in [0.15, 0.2) is 0 Å². The first-order chi connectivity index (χ1) is 11.6. The van der Waals surface area contributed by atoms with Gasteiger partial charge in [-0.15, -0.1) is 24.8 Å². The SMILES string of the molecule is CN(c1ccccc1)c1ccc(C(=O)NC2(CN)CCCC2)cn1.Cl.Cl. The number of para-hydroxylation sites is 1. The number of nitrogens with one attached hydrogen (secondary N) is 1. The highest BCUT2D eigenvalue weighted by Gasteiger charge is 2.34. The number of carbonyl (C=O) groups is 1. The molecule has 0 radical (unpaired) electrons. The molecule has 1 aromatic carbocycles. The Labute approximate surface area is 167 Å². The van der Waals surface area contributed by atoms with E-state index in [1.54, 1.807) is 6.20 Å². The summed E-state index contributed by atoms with van der Waals surface area (Å²) in [5.74, 6) is 0.705. The van der Waals surface area contributed by atoms with Crippen molar-refractivity contribution in [2.24, 2.45) is 5.73 Å². The molecule has 1 amide bonds. The summed E-state index contributed by atoms with van der Waals surface area (Å²) in [4.78, 5) is 18.9. The van der Waals surface area contributed by atoms with Crippen LogP contribution in [0.3, 0.4) is 0 Å². The molecule has 1 aliphatic carbocycles. The van der Waals surface area contributed by atoms with Gasteiger partial charge in [-0.25, -0.2) is 4.98 Å². The predicted molar refractivity (Wildman–Crippen MR) is 111 cm³/mol. The van der Waals surface area contributed by atoms with E-state index in [2.05, 4.69) is 10.3 Å². The summed E-state index contributed by atoms with van der Waals surface area (Å²) in [6.07, 6.45) is 5.78. The van der Waals surface area contributed by atoms with Crippen LogP contribution in [0.2, 0.25) is 0 Å². The van der Waals surface area contributed by atoms with E-state index >= 15 is 0 Å². The Morgan fingerprint density at radius 2 is 1.81 bits per heavy atom. The van der Waals surface area contributed by atoms with E-state index in [-0.39, 0.29) is 36.3 Å². The van der Waals surface area contributed by atoms with Crippen molar-refractivity contribution in [3.8, 4) is 0 Å². The van der Waals surface area contributed by atoms with Crippen LogP contribution in [0.4, 0.5) is 11.5 Å². The van der Waals surface area contributed by atoms with Crippen LogP contribution < -0.4 is 16.0 Å². The third-order valence-corrected chi connectivity index (χ3v) is 4.83. The van der Waals surface area contributed by atoms with Crippen LogP contribution >= 0.6 is 24.8 Å². The molecule has 26 heavy (non-hydrogen) atoms. The zero-order valence-electron chi connectivity index (χ0n) is 14.9. The molecule has 1 heterocycles. The zero-order chi connectivity index (χ0) is 17.0. The molecule has 0 atom stereocenters. The van der Waals surface area contributed by atoms with Crippen molar-refractivity contribution in [1.82, 2.24) is 10.3 Å². The van der Waals surface area contributed by atoms with E-state index in [4.69, 9.17) is 5.73 Å². The number of pyridine rings is 1. The number of hydrogen-bond acceptors (Lipinski definition) is 4. The first-order valence-corrected chi connectivity index (χ1v) is 8.41. The van der Waals surface area contributed by atoms with E-state index in [9.17, 15) is 4.79 Å². The van der Waals surface area contributed by atoms with E-state index < -0.39 is 0 Å². The fraction of sp³-hybridized carbons (Fsp3) is 0.368. The zero-order valence-corrected chi connectivity index (χ0v) is 16.5. The third-order valence-electron chi connectivity index (χ3n) is 4.83. The quantitative estimate of drug-likeness (QED) is 0.807. The highest BCUT2D eigenvalue weighted by Crippen LogP contribution is 2.29. The van der Waals surface area contributed by atoms with Crippen molar-refractivity contribution in [2.45, 2.75) is 31.2 Å². The molecule has 0 aliphatic heterocycles. The maximum atomic E-state index is 12.5. The monoisotopic (exact) mass is 396 g/mol. The molecular formula is C19H26Cl2N4O. The number of amides is 1. The maximum Gasteiger partial charge on any atom is 0.253 e. The lowest BCUT2D eigenvalue weighted by molar-refractivity contribution is 0.0903. The first kappa shape index (κ1) is 22.2. The number of aromatic nitrogens is 1. The molecular weight excluding hydrogens is 371 g/mol. The van der Waals surface area contributed by atoms with Crippen molar-refractivity contribution < 1.29 is 4.79 Å². The highest BCUT2D eigenvalue weighted by atomic mass is 35.5. The Morgan fingerprint density at radius 1 is 1.15 bits per heavy atom. The Balaban J connectivity index is 0.00000169. The molecule has 0 unspecified atom stereocenters. The molecule has 3 N–H and O–H groups in total. The second-order valence-electron chi connectivity index (χ2n) is 6.45. The van der Waals surface area contributed by atoms with Crippen LogP contribution in [0.1, 0.15) is 36.0 Å². The molecule has 2 aromatic rings. The predicted octanol–water partition coefficient (Wildman–Crippen LogP) is 3.69. The number of anilines is 2. The minimum absolute atomic E-state index is 0. The smallest absolute Gasteiger partial charge is 0.253 e. The third kappa shape index (κ3) is 4.87. The van der Waals surface area contributed by atoms with E-state index in [0.717, 1.165) is 37.2 Å². The van der Waals surface area contributed by atoms with E-state index in [1.807, 2.05) is 54.4 Å². The molecule has 0 saturated heterocycles. The minimum Gasteiger partial charge on any atom is -0.345 e. The molecule has 0 bridgehead atoms. The van der Waals surface area contributed by atoms with Gasteiger partial charge in [-0.3, -0.25) is 4.79 Å². The Morgan fingerprint density at radius 3 is 2.35 bits per heavy atom. The maximum absolute atomic E-state index is 12.5. The van der Waals surface area contributed by atoms with Gasteiger partial charge in [-0.2, -0.15) is 0 Å². The largest absolute Gasteiger partial charge is 0.345 e. The second kappa shape index (κ2) is 9.76. The van der Waals surface area contributed by atoms with Gasteiger partial charge in [0.2, 0.25) is 0 Å². The van der Waals surface area contributed by atoms with Crippen LogP contribution in [0, 0.1) is 0 Å². The molecule has 0 spiro atoms. The van der Waals surface area contributed by atoms with Gasteiger partial charge < -0.3 is 16.0 Å². The number of hydrogen-bond donors (Lipinski definition) is 2. The van der Waals surface area contributed by atoms with Crippen LogP contribution in [-0.4, -0.2) is 30.0 Å². The summed E-state index contributed by atoms with van der Waals surface area (Å²) >= 11 is 0. The van der Waals surface area contributed by atoms with Gasteiger partial charge in [-0.1, -0.05) is 31.0 Å². The van der Waals surface area contributed by atoms with Crippen LogP contribution in [0.5, 0.6) is 0 Å². The fourth-order valence-corrected chi connectivity index (χ4v) is 3.25. The summed E-state index contributed by atoms with van der Waals surface area (Å²) in [5.41, 5.74) is 7.27. The normalized spacial score (nSPS) is 14.7. The molecule has 7 heteroatoms. The summed E-state index contributed by atoms with van der Waals surface area (Å²) < 4.78 is 0. The van der Waals surface area contributed by atoms with Crippen molar-refractivity contribution in [3.05, 3.63) is 54.2 Å². The summed E-state index contributed by atoms with van der Waals surface area (Å²) in [5, 5.41) is 3.12. The number of benzene rings is 1. The Hall–Kier alpha value is -1.82. The van der Waals surface area contributed by atoms with Gasteiger partial charge in [0, 0.05) is 25.5 Å². The number of halogens is 2. The number of nitrogens with zero attached hydrogens (tertiary/aromatic N) is 2. The Bertz CT molecular complexity index is 688. The highest BCUT2D eigenvalue weighted by molar-refractivity contribution is 5.94. The standard InChI is InChI=1S/C19H24N4O.2ClH/c1-23(16-7-3-2-4-8-16)17-10-9-15(13-21-17)18(24)22-19(14-20)11-5-6-12-19;;/h2-4,7-10,13H,5-6,11-12,14,20H2,1H3,(H,22,24);2*1H. The lowest BCUT2D eigenvalue weighted by Crippen LogP contribution is -2.51. The van der Waals surface area contributed by atoms with Crippen LogP contribution in [0.25, 0.3) is 0 Å². The van der Waals surface area contributed by atoms with Gasteiger partial charge >= 0.3 is 0 Å². The summed E-state index contributed by atoms with van der Waals surface area (Å²) in [7, 11) is 1.96. The molecule has 5 nitrogen and oxygen atoms in total. The van der Waals surface area contributed by atoms with Gasteiger partial charge in [-0.05, 0) is 37.1 Å². The average Bonchev–Trinajstić information content (AvgIpc) is 3.11. The molecule has 1 fully saturated rings. The van der Waals surface area contributed by atoms with Gasteiger partial charge in [0.25, 0.3) is 5.91 Å².